The van der Waals surface area contributed by atoms with E-state index in [9.17, 15) is 8.42 Å². The Morgan fingerprint density at radius 3 is 2.26 bits per heavy atom. The number of sulfonamides is 1. The molecule has 1 saturated heterocycles. The first-order chi connectivity index (χ1) is 16.9. The molecular weight excluding hydrogens is 462 g/mol. The van der Waals surface area contributed by atoms with Crippen molar-refractivity contribution in [1.82, 2.24) is 24.1 Å². The van der Waals surface area contributed by atoms with E-state index in [1.807, 2.05) is 61.3 Å². The van der Waals surface area contributed by atoms with Crippen LogP contribution >= 0.6 is 0 Å². The van der Waals surface area contributed by atoms with Crippen LogP contribution in [0.4, 0.5) is 17.5 Å². The molecule has 1 aliphatic heterocycles. The van der Waals surface area contributed by atoms with E-state index >= 15 is 0 Å². The van der Waals surface area contributed by atoms with Crippen molar-refractivity contribution in [2.45, 2.75) is 18.7 Å². The third-order valence-electron chi connectivity index (χ3n) is 5.93. The second kappa shape index (κ2) is 9.47. The molecule has 0 spiro atoms. The number of anilines is 3. The van der Waals surface area contributed by atoms with Gasteiger partial charge in [-0.05, 0) is 56.3 Å². The molecule has 0 aliphatic carbocycles. The second-order valence-corrected chi connectivity index (χ2v) is 10.5. The van der Waals surface area contributed by atoms with Crippen LogP contribution in [0.2, 0.25) is 0 Å². The fraction of sp³-hybridized carbons (Fsp3) is 0.240. The summed E-state index contributed by atoms with van der Waals surface area (Å²) in [6, 6.07) is 18.6. The molecule has 35 heavy (non-hydrogen) atoms. The van der Waals surface area contributed by atoms with Crippen LogP contribution in [-0.4, -0.2) is 58.7 Å². The van der Waals surface area contributed by atoms with Gasteiger partial charge in [0.25, 0.3) is 0 Å². The molecule has 0 unspecified atom stereocenters. The highest BCUT2D eigenvalue weighted by molar-refractivity contribution is 7.89. The maximum Gasteiger partial charge on any atom is 0.243 e. The molecule has 0 amide bonds. The number of aryl methyl sites for hydroxylation is 2. The fourth-order valence-electron chi connectivity index (χ4n) is 4.01. The zero-order chi connectivity index (χ0) is 24.4. The van der Waals surface area contributed by atoms with Crippen molar-refractivity contribution in [3.8, 4) is 5.69 Å². The molecular formula is C25H27N7O2S. The summed E-state index contributed by atoms with van der Waals surface area (Å²) in [5, 5.41) is 7.51. The first-order valence-corrected chi connectivity index (χ1v) is 12.9. The lowest BCUT2D eigenvalue weighted by Gasteiger charge is -2.34. The molecule has 10 heteroatoms. The Bertz CT molecular complexity index is 1400. The van der Waals surface area contributed by atoms with Crippen molar-refractivity contribution in [1.29, 1.82) is 0 Å². The number of piperazine rings is 1. The normalized spacial score (nSPS) is 14.7. The maximum atomic E-state index is 13.2. The fourth-order valence-corrected chi connectivity index (χ4v) is 5.44. The third kappa shape index (κ3) is 5.03. The van der Waals surface area contributed by atoms with E-state index in [0.717, 1.165) is 17.1 Å². The number of benzene rings is 2. The lowest BCUT2D eigenvalue weighted by Crippen LogP contribution is -2.49. The number of hydrogen-bond acceptors (Lipinski definition) is 7. The summed E-state index contributed by atoms with van der Waals surface area (Å²) in [5.74, 6) is 1.31. The monoisotopic (exact) mass is 489 g/mol. The van der Waals surface area contributed by atoms with Gasteiger partial charge >= 0.3 is 0 Å². The Morgan fingerprint density at radius 2 is 1.60 bits per heavy atom. The van der Waals surface area contributed by atoms with Crippen LogP contribution in [0.15, 0.2) is 78.0 Å². The molecule has 1 N–H and O–H groups in total. The second-order valence-electron chi connectivity index (χ2n) is 8.52. The van der Waals surface area contributed by atoms with Gasteiger partial charge < -0.3 is 10.2 Å². The molecule has 5 rings (SSSR count). The molecule has 2 aromatic heterocycles. The van der Waals surface area contributed by atoms with E-state index < -0.39 is 10.0 Å². The average molecular weight is 490 g/mol. The summed E-state index contributed by atoms with van der Waals surface area (Å²) < 4.78 is 29.6. The zero-order valence-electron chi connectivity index (χ0n) is 19.7. The number of aromatic nitrogens is 4. The van der Waals surface area contributed by atoms with Gasteiger partial charge in [-0.1, -0.05) is 17.7 Å². The summed E-state index contributed by atoms with van der Waals surface area (Å²) in [4.78, 5) is 11.6. The van der Waals surface area contributed by atoms with E-state index in [0.29, 0.717) is 37.9 Å². The van der Waals surface area contributed by atoms with Gasteiger partial charge in [0.15, 0.2) is 0 Å². The first-order valence-electron chi connectivity index (χ1n) is 11.4. The first kappa shape index (κ1) is 23.0. The summed E-state index contributed by atoms with van der Waals surface area (Å²) in [7, 11) is -3.59. The van der Waals surface area contributed by atoms with Crippen LogP contribution < -0.4 is 10.2 Å². The van der Waals surface area contributed by atoms with Crippen molar-refractivity contribution in [2.24, 2.45) is 0 Å². The molecule has 180 valence electrons. The van der Waals surface area contributed by atoms with Gasteiger partial charge in [0.05, 0.1) is 10.6 Å². The Balaban J connectivity index is 1.26. The van der Waals surface area contributed by atoms with Crippen LogP contribution in [0.25, 0.3) is 5.69 Å². The van der Waals surface area contributed by atoms with Crippen LogP contribution in [0, 0.1) is 13.8 Å². The molecule has 0 atom stereocenters. The number of hydrogen-bond donors (Lipinski definition) is 1. The van der Waals surface area contributed by atoms with Crippen LogP contribution in [0.3, 0.4) is 0 Å². The van der Waals surface area contributed by atoms with Crippen molar-refractivity contribution in [3.63, 3.8) is 0 Å². The van der Waals surface area contributed by atoms with E-state index in [1.54, 1.807) is 35.1 Å². The van der Waals surface area contributed by atoms with Crippen LogP contribution in [0.1, 0.15) is 11.3 Å². The van der Waals surface area contributed by atoms with Gasteiger partial charge in [0.2, 0.25) is 16.0 Å². The predicted octanol–water partition coefficient (Wildman–Crippen LogP) is 3.53. The van der Waals surface area contributed by atoms with Gasteiger partial charge in [0.1, 0.15) is 5.82 Å². The molecule has 0 bridgehead atoms. The quantitative estimate of drug-likeness (QED) is 0.443. The van der Waals surface area contributed by atoms with Gasteiger partial charge in [-0.3, -0.25) is 0 Å². The van der Waals surface area contributed by atoms with Gasteiger partial charge in [-0.15, -0.1) is 0 Å². The molecule has 1 aliphatic rings. The molecule has 0 saturated carbocycles. The van der Waals surface area contributed by atoms with E-state index in [-0.39, 0.29) is 4.90 Å². The minimum Gasteiger partial charge on any atom is -0.340 e. The van der Waals surface area contributed by atoms with Crippen LogP contribution in [0.5, 0.6) is 0 Å². The average Bonchev–Trinajstić information content (AvgIpc) is 3.40. The maximum absolute atomic E-state index is 13.2. The number of nitrogens with zero attached hydrogens (tertiary/aromatic N) is 6. The van der Waals surface area contributed by atoms with Crippen molar-refractivity contribution in [3.05, 3.63) is 84.3 Å². The van der Waals surface area contributed by atoms with Crippen molar-refractivity contribution >= 4 is 27.5 Å². The molecule has 0 radical (unpaired) electrons. The van der Waals surface area contributed by atoms with Crippen molar-refractivity contribution in [2.75, 3.05) is 36.4 Å². The summed E-state index contributed by atoms with van der Waals surface area (Å²) >= 11 is 0. The summed E-state index contributed by atoms with van der Waals surface area (Å²) in [5.41, 5.74) is 3.80. The van der Waals surface area contributed by atoms with Gasteiger partial charge in [0, 0.05) is 56.0 Å². The predicted molar refractivity (Wildman–Crippen MR) is 136 cm³/mol. The van der Waals surface area contributed by atoms with E-state index in [2.05, 4.69) is 20.4 Å². The molecule has 4 aromatic rings. The lowest BCUT2D eigenvalue weighted by molar-refractivity contribution is 0.382. The Hall–Kier alpha value is -3.76. The zero-order valence-corrected chi connectivity index (χ0v) is 20.5. The largest absolute Gasteiger partial charge is 0.340 e. The Morgan fingerprint density at radius 1 is 0.886 bits per heavy atom. The van der Waals surface area contributed by atoms with Gasteiger partial charge in [-0.25, -0.2) is 18.1 Å². The molecule has 3 heterocycles. The minimum absolute atomic E-state index is 0.276. The molecule has 1 fully saturated rings. The number of nitrogens with one attached hydrogen (secondary N) is 1. The third-order valence-corrected chi connectivity index (χ3v) is 7.84. The van der Waals surface area contributed by atoms with Crippen molar-refractivity contribution < 1.29 is 8.42 Å². The van der Waals surface area contributed by atoms with E-state index in [4.69, 9.17) is 0 Å². The highest BCUT2D eigenvalue weighted by atomic mass is 32.2. The smallest absolute Gasteiger partial charge is 0.243 e. The Labute approximate surface area is 205 Å². The highest BCUT2D eigenvalue weighted by Gasteiger charge is 2.29. The topological polar surface area (TPSA) is 96.2 Å². The summed E-state index contributed by atoms with van der Waals surface area (Å²) in [6.45, 7) is 5.73. The highest BCUT2D eigenvalue weighted by Crippen LogP contribution is 2.23. The summed E-state index contributed by atoms with van der Waals surface area (Å²) in [6.07, 6.45) is 3.50. The van der Waals surface area contributed by atoms with E-state index in [1.165, 1.54) is 9.87 Å². The number of rotatable bonds is 6. The SMILES string of the molecule is Cc1ccc(Nc2cc(C)nc(N3CCN(S(=O)(=O)c4ccc(-n5cccn5)cc4)CC3)n2)cc1. The Kier molecular flexibility index (Phi) is 6.23. The van der Waals surface area contributed by atoms with Gasteiger partial charge in [-0.2, -0.15) is 14.4 Å². The molecule has 2 aromatic carbocycles. The standard InChI is InChI=1S/C25H27N7O2S/c1-19-4-6-21(7-5-19)28-24-18-20(2)27-25(29-24)30-14-16-31(17-15-30)35(33,34)23-10-8-22(9-11-23)32-13-3-12-26-32/h3-13,18H,14-17H2,1-2H3,(H,27,28,29). The lowest BCUT2D eigenvalue weighted by atomic mass is 10.2. The molecule has 9 nitrogen and oxygen atoms in total. The minimum atomic E-state index is -3.59. The van der Waals surface area contributed by atoms with Crippen LogP contribution in [-0.2, 0) is 10.0 Å².